The molecule has 0 amide bonds. The van der Waals surface area contributed by atoms with Gasteiger partial charge < -0.3 is 0 Å². The normalized spacial score (nSPS) is 24.0. The zero-order chi connectivity index (χ0) is 2.83. The van der Waals surface area contributed by atoms with Gasteiger partial charge in [0.15, 0.2) is 0 Å². The van der Waals surface area contributed by atoms with Crippen LogP contribution in [0.5, 0.6) is 0 Å². The van der Waals surface area contributed by atoms with E-state index in [9.17, 15) is 0 Å². The summed E-state index contributed by atoms with van der Waals surface area (Å²) < 4.78 is 6.34. The standard InChI is InChI=1S/C2H4O.Sn/c1-2-3;/h1-2H2;/q-1;+1. The Labute approximate surface area is 36.1 Å². The van der Waals surface area contributed by atoms with Crippen LogP contribution in [0, 0.1) is 0 Å². The van der Waals surface area contributed by atoms with Crippen LogP contribution in [0.4, 0.5) is 0 Å². The van der Waals surface area contributed by atoms with Crippen LogP contribution in [0.2, 0.25) is 4.44 Å². The second kappa shape index (κ2) is 1.26. The SMILES string of the molecule is C1[CH2][Sn][O]1. The Balaban J connectivity index is 2.00. The first-order valence-corrected chi connectivity index (χ1v) is 4.53. The average Bonchev–Trinajstić information content (AvgIpc) is 0.722. The van der Waals surface area contributed by atoms with Crippen molar-refractivity contribution >= 4 is 21.6 Å². The van der Waals surface area contributed by atoms with Crippen LogP contribution in [0.1, 0.15) is 0 Å². The molecule has 2 radical (unpaired) electrons. The van der Waals surface area contributed by atoms with Crippen molar-refractivity contribution < 1.29 is 3.07 Å². The van der Waals surface area contributed by atoms with E-state index in [-0.39, 0.29) is 21.6 Å². The maximum absolute atomic E-state index is 4.89. The van der Waals surface area contributed by atoms with Crippen LogP contribution in [-0.2, 0) is 3.07 Å². The van der Waals surface area contributed by atoms with E-state index in [0.29, 0.717) is 0 Å². The average molecular weight is 163 g/mol. The third-order valence-corrected chi connectivity index (χ3v) is 2.74. The second-order valence-electron chi connectivity index (χ2n) is 0.743. The number of hydrogen-bond acceptors (Lipinski definition) is 1. The van der Waals surface area contributed by atoms with Crippen molar-refractivity contribution in [1.82, 2.24) is 0 Å². The van der Waals surface area contributed by atoms with E-state index in [1.807, 2.05) is 0 Å². The summed E-state index contributed by atoms with van der Waals surface area (Å²) in [4.78, 5) is 0. The van der Waals surface area contributed by atoms with Gasteiger partial charge in [0.1, 0.15) is 0 Å². The third-order valence-electron chi connectivity index (χ3n) is 0.408. The number of hydrogen-bond donors (Lipinski definition) is 0. The first-order chi connectivity index (χ1) is 2.00. The van der Waals surface area contributed by atoms with E-state index < -0.39 is 0 Å². The zero-order valence-electron chi connectivity index (χ0n) is 2.32. The molecule has 0 saturated carbocycles. The Morgan fingerprint density at radius 1 is 1.75 bits per heavy atom. The fraction of sp³-hybridized carbons (Fsp3) is 1.00. The summed E-state index contributed by atoms with van der Waals surface area (Å²) in [6, 6.07) is 0. The van der Waals surface area contributed by atoms with Crippen LogP contribution >= 0.6 is 0 Å². The Morgan fingerprint density at radius 3 is 2.00 bits per heavy atom. The topological polar surface area (TPSA) is 9.23 Å². The minimum absolute atomic E-state index is 0.0956. The summed E-state index contributed by atoms with van der Waals surface area (Å²) in [5, 5.41) is 0. The monoisotopic (exact) mass is 164 g/mol. The van der Waals surface area contributed by atoms with Gasteiger partial charge in [-0.3, -0.25) is 0 Å². The van der Waals surface area contributed by atoms with Crippen molar-refractivity contribution in [3.05, 3.63) is 0 Å². The van der Waals surface area contributed by atoms with Gasteiger partial charge in [-0.05, 0) is 0 Å². The van der Waals surface area contributed by atoms with Crippen LogP contribution in [0.25, 0.3) is 0 Å². The predicted molar refractivity (Wildman–Crippen MR) is 16.5 cm³/mol. The zero-order valence-corrected chi connectivity index (χ0v) is 5.18. The molecule has 0 aromatic carbocycles. The molecule has 22 valence electrons. The molecule has 0 atom stereocenters. The van der Waals surface area contributed by atoms with Crippen LogP contribution in [0.3, 0.4) is 0 Å². The molecule has 2 heteroatoms. The molecular formula is C2H4OSn. The van der Waals surface area contributed by atoms with Crippen molar-refractivity contribution in [3.8, 4) is 0 Å². The third kappa shape index (κ3) is 0.377. The van der Waals surface area contributed by atoms with Crippen molar-refractivity contribution in [3.63, 3.8) is 0 Å². The molecule has 0 bridgehead atoms. The first-order valence-electron chi connectivity index (χ1n) is 1.35. The van der Waals surface area contributed by atoms with Crippen molar-refractivity contribution in [2.75, 3.05) is 6.61 Å². The summed E-state index contributed by atoms with van der Waals surface area (Å²) in [6.45, 7) is 1.08. The molecular weight excluding hydrogens is 159 g/mol. The summed E-state index contributed by atoms with van der Waals surface area (Å²) in [5.74, 6) is 0. The predicted octanol–water partition coefficient (Wildman–Crippen LogP) is 0.0541. The Hall–Kier alpha value is 0.759. The molecule has 1 rings (SSSR count). The van der Waals surface area contributed by atoms with Crippen molar-refractivity contribution in [1.29, 1.82) is 0 Å². The van der Waals surface area contributed by atoms with Crippen LogP contribution < -0.4 is 0 Å². The first kappa shape index (κ1) is 2.97. The molecule has 0 aromatic rings. The summed E-state index contributed by atoms with van der Waals surface area (Å²) in [7, 11) is 0. The molecule has 0 unspecified atom stereocenters. The summed E-state index contributed by atoms with van der Waals surface area (Å²) in [5.41, 5.74) is 0. The molecule has 1 aliphatic rings. The Morgan fingerprint density at radius 2 is 2.00 bits per heavy atom. The second-order valence-corrected chi connectivity index (χ2v) is 3.82. The summed E-state index contributed by atoms with van der Waals surface area (Å²) in [6.07, 6.45) is 0. The molecule has 1 aliphatic heterocycles. The maximum atomic E-state index is 4.89. The Kier molecular flexibility index (Phi) is 0.938. The molecule has 1 saturated heterocycles. The van der Waals surface area contributed by atoms with Gasteiger partial charge in [-0.25, -0.2) is 0 Å². The van der Waals surface area contributed by atoms with E-state index >= 15 is 0 Å². The van der Waals surface area contributed by atoms with E-state index in [1.165, 1.54) is 4.44 Å². The Bertz CT molecular complexity index is 14.0. The molecule has 0 aliphatic carbocycles. The van der Waals surface area contributed by atoms with Crippen molar-refractivity contribution in [2.45, 2.75) is 4.44 Å². The van der Waals surface area contributed by atoms with Gasteiger partial charge in [0.25, 0.3) is 0 Å². The van der Waals surface area contributed by atoms with Gasteiger partial charge in [0.05, 0.1) is 0 Å². The van der Waals surface area contributed by atoms with Gasteiger partial charge in [-0.2, -0.15) is 0 Å². The van der Waals surface area contributed by atoms with Gasteiger partial charge in [-0.15, -0.1) is 0 Å². The van der Waals surface area contributed by atoms with E-state index in [4.69, 9.17) is 3.07 Å². The molecule has 1 heterocycles. The summed E-state index contributed by atoms with van der Waals surface area (Å²) >= 11 is -0.0956. The van der Waals surface area contributed by atoms with Crippen LogP contribution in [0.15, 0.2) is 0 Å². The van der Waals surface area contributed by atoms with Gasteiger partial charge in [0, 0.05) is 0 Å². The molecule has 1 nitrogen and oxygen atoms in total. The quantitative estimate of drug-likeness (QED) is 0.458. The van der Waals surface area contributed by atoms with E-state index in [2.05, 4.69) is 0 Å². The fourth-order valence-electron chi connectivity index (χ4n) is 0.102. The fourth-order valence-corrected chi connectivity index (χ4v) is 0.685. The molecule has 0 N–H and O–H groups in total. The van der Waals surface area contributed by atoms with Gasteiger partial charge >= 0.3 is 35.7 Å². The van der Waals surface area contributed by atoms with Gasteiger partial charge in [-0.1, -0.05) is 0 Å². The molecule has 0 aromatic heterocycles. The molecule has 4 heavy (non-hydrogen) atoms. The van der Waals surface area contributed by atoms with Gasteiger partial charge in [0.2, 0.25) is 0 Å². The number of rotatable bonds is 0. The van der Waals surface area contributed by atoms with Crippen molar-refractivity contribution in [2.24, 2.45) is 0 Å². The van der Waals surface area contributed by atoms with Crippen LogP contribution in [-0.4, -0.2) is 28.2 Å². The minimum atomic E-state index is -0.0956. The molecule has 1 fully saturated rings. The van der Waals surface area contributed by atoms with E-state index in [1.54, 1.807) is 0 Å². The molecule has 0 spiro atoms. The van der Waals surface area contributed by atoms with E-state index in [0.717, 1.165) is 6.61 Å².